The third-order valence-electron chi connectivity index (χ3n) is 5.35. The van der Waals surface area contributed by atoms with E-state index in [1.807, 2.05) is 83.4 Å². The molecule has 3 aromatic heterocycles. The number of hydrogen-bond acceptors (Lipinski definition) is 4. The number of amides is 1. The number of aryl methyl sites for hydroxylation is 1. The molecular formula is C25H20ClN5O. The highest BCUT2D eigenvalue weighted by molar-refractivity contribution is 6.30. The standard InChI is InChI=1S/C25H20ClN5O/c26-18-12-10-17(11-13-18)22-16-20(19-6-1-2-7-21(19)28-22)25(32)27-14-5-9-24-30-29-23-8-3-4-15-31(23)24/h1-4,6-8,10-13,15-16H,5,9,14H2,(H,27,32). The van der Waals surface area contributed by atoms with Gasteiger partial charge in [-0.3, -0.25) is 9.20 Å². The maximum absolute atomic E-state index is 13.1. The molecule has 0 aliphatic carbocycles. The minimum atomic E-state index is -0.120. The molecule has 0 unspecified atom stereocenters. The summed E-state index contributed by atoms with van der Waals surface area (Å²) in [4.78, 5) is 17.8. The Morgan fingerprint density at radius 1 is 0.969 bits per heavy atom. The van der Waals surface area contributed by atoms with Gasteiger partial charge >= 0.3 is 0 Å². The third-order valence-corrected chi connectivity index (χ3v) is 5.60. The van der Waals surface area contributed by atoms with Crippen molar-refractivity contribution in [3.63, 3.8) is 0 Å². The van der Waals surface area contributed by atoms with Crippen LogP contribution in [0.25, 0.3) is 27.8 Å². The van der Waals surface area contributed by atoms with Crippen LogP contribution in [-0.2, 0) is 6.42 Å². The molecule has 6 nitrogen and oxygen atoms in total. The molecule has 158 valence electrons. The predicted molar refractivity (Wildman–Crippen MR) is 126 cm³/mol. The Hall–Kier alpha value is -3.77. The number of nitrogens with zero attached hydrogens (tertiary/aromatic N) is 4. The molecule has 0 aliphatic heterocycles. The van der Waals surface area contributed by atoms with Crippen LogP contribution in [0.15, 0.2) is 79.0 Å². The lowest BCUT2D eigenvalue weighted by atomic mass is 10.0. The number of nitrogens with one attached hydrogen (secondary N) is 1. The van der Waals surface area contributed by atoms with Gasteiger partial charge in [0.1, 0.15) is 5.82 Å². The highest BCUT2D eigenvalue weighted by Gasteiger charge is 2.14. The number of benzene rings is 2. The number of carbonyl (C=O) groups is 1. The number of fused-ring (bicyclic) bond motifs is 2. The first kappa shape index (κ1) is 20.2. The van der Waals surface area contributed by atoms with Crippen molar-refractivity contribution < 1.29 is 4.79 Å². The molecular weight excluding hydrogens is 422 g/mol. The van der Waals surface area contributed by atoms with Crippen LogP contribution >= 0.6 is 11.6 Å². The van der Waals surface area contributed by atoms with E-state index in [1.54, 1.807) is 0 Å². The van der Waals surface area contributed by atoms with E-state index < -0.39 is 0 Å². The molecule has 0 atom stereocenters. The van der Waals surface area contributed by atoms with Crippen molar-refractivity contribution in [1.29, 1.82) is 0 Å². The number of rotatable bonds is 6. The van der Waals surface area contributed by atoms with Gasteiger partial charge in [-0.1, -0.05) is 48.0 Å². The van der Waals surface area contributed by atoms with Crippen molar-refractivity contribution >= 4 is 34.1 Å². The number of para-hydroxylation sites is 1. The second kappa shape index (κ2) is 8.77. The van der Waals surface area contributed by atoms with Crippen LogP contribution in [0.4, 0.5) is 0 Å². The van der Waals surface area contributed by atoms with Gasteiger partial charge < -0.3 is 5.32 Å². The summed E-state index contributed by atoms with van der Waals surface area (Å²) in [7, 11) is 0. The number of carbonyl (C=O) groups excluding carboxylic acids is 1. The van der Waals surface area contributed by atoms with Crippen molar-refractivity contribution in [1.82, 2.24) is 24.9 Å². The average molecular weight is 442 g/mol. The molecule has 3 heterocycles. The van der Waals surface area contributed by atoms with Crippen molar-refractivity contribution in [2.75, 3.05) is 6.54 Å². The Bertz CT molecular complexity index is 1410. The van der Waals surface area contributed by atoms with Crippen LogP contribution < -0.4 is 5.32 Å². The maximum atomic E-state index is 13.1. The van der Waals surface area contributed by atoms with Crippen molar-refractivity contribution in [2.45, 2.75) is 12.8 Å². The highest BCUT2D eigenvalue weighted by Crippen LogP contribution is 2.26. The number of hydrogen-bond donors (Lipinski definition) is 1. The monoisotopic (exact) mass is 441 g/mol. The maximum Gasteiger partial charge on any atom is 0.252 e. The molecule has 1 amide bonds. The van der Waals surface area contributed by atoms with Crippen LogP contribution in [0.1, 0.15) is 22.6 Å². The number of halogens is 1. The fourth-order valence-corrected chi connectivity index (χ4v) is 3.86. The van der Waals surface area contributed by atoms with Crippen LogP contribution in [0.5, 0.6) is 0 Å². The average Bonchev–Trinajstić information content (AvgIpc) is 3.24. The Morgan fingerprint density at radius 2 is 1.78 bits per heavy atom. The summed E-state index contributed by atoms with van der Waals surface area (Å²) < 4.78 is 1.97. The van der Waals surface area contributed by atoms with Gasteiger partial charge in [0.2, 0.25) is 0 Å². The molecule has 0 fully saturated rings. The highest BCUT2D eigenvalue weighted by atomic mass is 35.5. The first-order chi connectivity index (χ1) is 15.7. The molecule has 1 N–H and O–H groups in total. The van der Waals surface area contributed by atoms with Crippen molar-refractivity contribution in [2.24, 2.45) is 0 Å². The van der Waals surface area contributed by atoms with Crippen LogP contribution in [0.3, 0.4) is 0 Å². The zero-order valence-electron chi connectivity index (χ0n) is 17.2. The van der Waals surface area contributed by atoms with Gasteiger partial charge in [0.05, 0.1) is 16.8 Å². The predicted octanol–water partition coefficient (Wildman–Crippen LogP) is 4.96. The van der Waals surface area contributed by atoms with E-state index >= 15 is 0 Å². The second-order valence-electron chi connectivity index (χ2n) is 7.48. The molecule has 32 heavy (non-hydrogen) atoms. The van der Waals surface area contributed by atoms with E-state index in [4.69, 9.17) is 16.6 Å². The molecule has 7 heteroatoms. The lowest BCUT2D eigenvalue weighted by Crippen LogP contribution is -2.25. The van der Waals surface area contributed by atoms with Gasteiger partial charge in [-0.15, -0.1) is 10.2 Å². The fraction of sp³-hybridized carbons (Fsp3) is 0.120. The molecule has 0 saturated heterocycles. The lowest BCUT2D eigenvalue weighted by Gasteiger charge is -2.11. The van der Waals surface area contributed by atoms with E-state index in [1.165, 1.54) is 0 Å². The van der Waals surface area contributed by atoms with Crippen LogP contribution in [0, 0.1) is 0 Å². The molecule has 0 aliphatic rings. The smallest absolute Gasteiger partial charge is 0.252 e. The summed E-state index contributed by atoms with van der Waals surface area (Å²) in [6, 6.07) is 22.8. The number of pyridine rings is 2. The number of aromatic nitrogens is 4. The van der Waals surface area contributed by atoms with Gasteiger partial charge in [0, 0.05) is 35.1 Å². The van der Waals surface area contributed by atoms with Gasteiger partial charge in [0.15, 0.2) is 5.65 Å². The summed E-state index contributed by atoms with van der Waals surface area (Å²) in [5.74, 6) is 0.763. The van der Waals surface area contributed by atoms with E-state index in [0.29, 0.717) is 17.1 Å². The summed E-state index contributed by atoms with van der Waals surface area (Å²) in [5, 5.41) is 12.9. The SMILES string of the molecule is O=C(NCCCc1nnc2ccccn12)c1cc(-c2ccc(Cl)cc2)nc2ccccc12. The Labute approximate surface area is 189 Å². The molecule has 5 rings (SSSR count). The first-order valence-corrected chi connectivity index (χ1v) is 10.8. The molecule has 0 radical (unpaired) electrons. The normalized spacial score (nSPS) is 11.2. The van der Waals surface area contributed by atoms with Gasteiger partial charge in [-0.05, 0) is 42.8 Å². The zero-order chi connectivity index (χ0) is 21.9. The van der Waals surface area contributed by atoms with E-state index in [0.717, 1.165) is 46.5 Å². The summed E-state index contributed by atoms with van der Waals surface area (Å²) in [6.07, 6.45) is 3.43. The van der Waals surface area contributed by atoms with E-state index in [2.05, 4.69) is 15.5 Å². The third kappa shape index (κ3) is 4.05. The van der Waals surface area contributed by atoms with Gasteiger partial charge in [-0.2, -0.15) is 0 Å². The lowest BCUT2D eigenvalue weighted by molar-refractivity contribution is 0.0955. The molecule has 5 aromatic rings. The van der Waals surface area contributed by atoms with Crippen LogP contribution in [-0.4, -0.2) is 32.0 Å². The molecule has 2 aromatic carbocycles. The van der Waals surface area contributed by atoms with Crippen LogP contribution in [0.2, 0.25) is 5.02 Å². The largest absolute Gasteiger partial charge is 0.352 e. The topological polar surface area (TPSA) is 72.2 Å². The molecule has 0 spiro atoms. The zero-order valence-corrected chi connectivity index (χ0v) is 18.0. The van der Waals surface area contributed by atoms with Crippen molar-refractivity contribution in [3.05, 3.63) is 95.4 Å². The Morgan fingerprint density at radius 3 is 2.66 bits per heavy atom. The van der Waals surface area contributed by atoms with Gasteiger partial charge in [-0.25, -0.2) is 4.98 Å². The molecule has 0 bridgehead atoms. The fourth-order valence-electron chi connectivity index (χ4n) is 3.74. The van der Waals surface area contributed by atoms with Crippen molar-refractivity contribution in [3.8, 4) is 11.3 Å². The Kier molecular flexibility index (Phi) is 5.52. The first-order valence-electron chi connectivity index (χ1n) is 10.4. The minimum absolute atomic E-state index is 0.120. The summed E-state index contributed by atoms with van der Waals surface area (Å²) in [5.41, 5.74) is 3.85. The minimum Gasteiger partial charge on any atom is -0.352 e. The van der Waals surface area contributed by atoms with Gasteiger partial charge in [0.25, 0.3) is 5.91 Å². The quantitative estimate of drug-likeness (QED) is 0.378. The second-order valence-corrected chi connectivity index (χ2v) is 7.92. The summed E-state index contributed by atoms with van der Waals surface area (Å²) in [6.45, 7) is 0.535. The van der Waals surface area contributed by atoms with E-state index in [-0.39, 0.29) is 5.91 Å². The summed E-state index contributed by atoms with van der Waals surface area (Å²) >= 11 is 6.02. The van der Waals surface area contributed by atoms with E-state index in [9.17, 15) is 4.79 Å². The Balaban J connectivity index is 1.34. The molecule has 0 saturated carbocycles.